The second-order valence-corrected chi connectivity index (χ2v) is 12.9. The first-order valence-corrected chi connectivity index (χ1v) is 14.2. The molecule has 40 heavy (non-hydrogen) atoms. The number of benzene rings is 3. The number of Topliss-reactive ketones (excluding diaryl/α,β-unsaturated/α-hetero) is 2. The molecule has 0 saturated carbocycles. The maximum atomic E-state index is 14.8. The molecule has 1 amide bonds. The minimum atomic E-state index is -1.28. The number of nitrogens with one attached hydrogen (secondary N) is 1. The van der Waals surface area contributed by atoms with Crippen LogP contribution in [0.25, 0.3) is 6.08 Å². The van der Waals surface area contributed by atoms with Crippen molar-refractivity contribution < 1.29 is 14.4 Å². The van der Waals surface area contributed by atoms with E-state index in [4.69, 9.17) is 0 Å². The lowest BCUT2D eigenvalue weighted by Gasteiger charge is -2.38. The van der Waals surface area contributed by atoms with Gasteiger partial charge < -0.3 is 10.2 Å². The van der Waals surface area contributed by atoms with E-state index in [1.165, 1.54) is 0 Å². The number of hydrogen-bond donors (Lipinski definition) is 1. The van der Waals surface area contributed by atoms with E-state index in [1.54, 1.807) is 0 Å². The summed E-state index contributed by atoms with van der Waals surface area (Å²) in [5.74, 6) is -0.876. The second kappa shape index (κ2) is 9.29. The number of nitrogens with zero attached hydrogens (tertiary/aromatic N) is 1. The first-order chi connectivity index (χ1) is 19.0. The molecule has 5 nitrogen and oxygen atoms in total. The Kier molecular flexibility index (Phi) is 6.10. The zero-order valence-corrected chi connectivity index (χ0v) is 23.8. The van der Waals surface area contributed by atoms with Gasteiger partial charge in [0.05, 0.1) is 18.0 Å². The van der Waals surface area contributed by atoms with Crippen molar-refractivity contribution in [1.29, 1.82) is 0 Å². The molecule has 3 aromatic rings. The van der Waals surface area contributed by atoms with E-state index in [-0.39, 0.29) is 17.5 Å². The molecule has 0 unspecified atom stereocenters. The smallest absolute Gasteiger partial charge is 0.238 e. The zero-order chi connectivity index (χ0) is 28.4. The summed E-state index contributed by atoms with van der Waals surface area (Å²) in [6, 6.07) is 22.0. The summed E-state index contributed by atoms with van der Waals surface area (Å²) in [7, 11) is 0. The van der Waals surface area contributed by atoms with Crippen LogP contribution in [-0.4, -0.2) is 28.4 Å². The topological polar surface area (TPSA) is 66.5 Å². The number of hydrogen-bond acceptors (Lipinski definition) is 4. The van der Waals surface area contributed by atoms with Gasteiger partial charge in [-0.15, -0.1) is 0 Å². The van der Waals surface area contributed by atoms with Crippen LogP contribution in [0, 0.1) is 17.3 Å². The van der Waals surface area contributed by atoms with Gasteiger partial charge in [-0.3, -0.25) is 14.4 Å². The Morgan fingerprint density at radius 2 is 1.62 bits per heavy atom. The Morgan fingerprint density at radius 1 is 0.950 bits per heavy atom. The molecular formula is C35H36N2O3. The number of amides is 1. The molecule has 5 heteroatoms. The number of carbonyl (C=O) groups excluding carboxylic acids is 3. The minimum absolute atomic E-state index is 0.0506. The fourth-order valence-electron chi connectivity index (χ4n) is 7.07. The lowest BCUT2D eigenvalue weighted by molar-refractivity contribution is -0.131. The van der Waals surface area contributed by atoms with Crippen molar-refractivity contribution >= 4 is 29.2 Å². The van der Waals surface area contributed by atoms with Crippen LogP contribution in [-0.2, 0) is 21.4 Å². The maximum absolute atomic E-state index is 14.8. The van der Waals surface area contributed by atoms with Crippen molar-refractivity contribution in [3.63, 3.8) is 0 Å². The normalized spacial score (nSPS) is 24.6. The standard InChI is InChI=1S/C35H36N2O3/c1-21(2)20-22-14-16-24(17-15-22)30(38)28-29(32(39)34(3,4)5)37-19-18-23-10-6-7-11-25(23)31(37)35(28)26-12-8-9-13-27(26)36-33(35)40/h6-19,21,28-29,31H,20H2,1-5H3,(H,36,40)/t28-,29-,31-,35-/m1/s1. The van der Waals surface area contributed by atoms with E-state index in [9.17, 15) is 14.4 Å². The fourth-order valence-corrected chi connectivity index (χ4v) is 7.07. The molecule has 3 aromatic carbocycles. The van der Waals surface area contributed by atoms with Gasteiger partial charge in [-0.2, -0.15) is 0 Å². The number of anilines is 1. The molecule has 0 bridgehead atoms. The van der Waals surface area contributed by atoms with E-state index in [2.05, 4.69) is 19.2 Å². The Bertz CT molecular complexity index is 1550. The van der Waals surface area contributed by atoms with Crippen LogP contribution in [0.3, 0.4) is 0 Å². The summed E-state index contributed by atoms with van der Waals surface area (Å²) in [5.41, 5.74) is 3.11. The Morgan fingerprint density at radius 3 is 2.33 bits per heavy atom. The highest BCUT2D eigenvalue weighted by atomic mass is 16.2. The lowest BCUT2D eigenvalue weighted by Crippen LogP contribution is -2.50. The van der Waals surface area contributed by atoms with E-state index in [0.29, 0.717) is 17.2 Å². The van der Waals surface area contributed by atoms with Gasteiger partial charge in [0, 0.05) is 22.9 Å². The van der Waals surface area contributed by atoms with Crippen molar-refractivity contribution in [3.8, 4) is 0 Å². The van der Waals surface area contributed by atoms with Gasteiger partial charge in [0.2, 0.25) is 5.91 Å². The highest BCUT2D eigenvalue weighted by molar-refractivity contribution is 6.15. The molecule has 204 valence electrons. The SMILES string of the molecule is CC(C)Cc1ccc(C(=O)[C@H]2[C@H](C(=O)C(C)(C)C)N3C=Cc4ccccc4[C@@H]3[C@]23C(=O)Nc2ccccc23)cc1. The number of ketones is 2. The lowest BCUT2D eigenvalue weighted by atomic mass is 9.62. The van der Waals surface area contributed by atoms with E-state index >= 15 is 0 Å². The molecule has 0 radical (unpaired) electrons. The van der Waals surface area contributed by atoms with Crippen LogP contribution in [0.4, 0.5) is 5.69 Å². The number of para-hydroxylation sites is 1. The van der Waals surface area contributed by atoms with E-state index < -0.39 is 28.8 Å². The molecule has 3 heterocycles. The Balaban J connectivity index is 1.62. The van der Waals surface area contributed by atoms with Crippen molar-refractivity contribution in [2.45, 2.75) is 58.5 Å². The summed E-state index contributed by atoms with van der Waals surface area (Å²) in [6.45, 7) is 10.0. The molecule has 1 spiro atoms. The summed E-state index contributed by atoms with van der Waals surface area (Å²) in [5, 5.41) is 3.11. The second-order valence-electron chi connectivity index (χ2n) is 12.9. The molecule has 1 saturated heterocycles. The molecule has 4 atom stereocenters. The fraction of sp³-hybridized carbons (Fsp3) is 0.343. The third-order valence-electron chi connectivity index (χ3n) is 8.74. The van der Waals surface area contributed by atoms with Crippen LogP contribution in [0.1, 0.15) is 73.3 Å². The van der Waals surface area contributed by atoms with E-state index in [1.807, 2.05) is 111 Å². The van der Waals surface area contributed by atoms with Crippen molar-refractivity contribution in [3.05, 3.63) is 107 Å². The molecule has 0 aliphatic carbocycles. The van der Waals surface area contributed by atoms with Gasteiger partial charge >= 0.3 is 0 Å². The van der Waals surface area contributed by atoms with Crippen molar-refractivity contribution in [1.82, 2.24) is 4.90 Å². The number of rotatable bonds is 5. The first kappa shape index (κ1) is 26.2. The van der Waals surface area contributed by atoms with Crippen LogP contribution in [0.15, 0.2) is 79.0 Å². The summed E-state index contributed by atoms with van der Waals surface area (Å²) < 4.78 is 0. The Labute approximate surface area is 236 Å². The van der Waals surface area contributed by atoms with Crippen molar-refractivity contribution in [2.24, 2.45) is 17.3 Å². The average Bonchev–Trinajstić information content (AvgIpc) is 3.40. The maximum Gasteiger partial charge on any atom is 0.238 e. The van der Waals surface area contributed by atoms with Gasteiger partial charge in [-0.1, -0.05) is 101 Å². The molecule has 3 aliphatic heterocycles. The van der Waals surface area contributed by atoms with Crippen LogP contribution in [0.2, 0.25) is 0 Å². The first-order valence-electron chi connectivity index (χ1n) is 14.2. The van der Waals surface area contributed by atoms with Crippen molar-refractivity contribution in [2.75, 3.05) is 5.32 Å². The molecule has 0 aromatic heterocycles. The minimum Gasteiger partial charge on any atom is -0.358 e. The quantitative estimate of drug-likeness (QED) is 0.376. The van der Waals surface area contributed by atoms with E-state index in [0.717, 1.165) is 28.7 Å². The van der Waals surface area contributed by atoms with Crippen LogP contribution >= 0.6 is 0 Å². The van der Waals surface area contributed by atoms with Gasteiger partial charge in [-0.05, 0) is 46.7 Å². The molecule has 6 rings (SSSR count). The monoisotopic (exact) mass is 532 g/mol. The molecular weight excluding hydrogens is 496 g/mol. The predicted molar refractivity (Wildman–Crippen MR) is 158 cm³/mol. The highest BCUT2D eigenvalue weighted by Crippen LogP contribution is 2.62. The van der Waals surface area contributed by atoms with Crippen LogP contribution < -0.4 is 5.32 Å². The summed E-state index contributed by atoms with van der Waals surface area (Å²) in [4.78, 5) is 45.6. The molecule has 1 N–H and O–H groups in total. The van der Waals surface area contributed by atoms with Crippen LogP contribution in [0.5, 0.6) is 0 Å². The average molecular weight is 533 g/mol. The zero-order valence-electron chi connectivity index (χ0n) is 23.8. The predicted octanol–water partition coefficient (Wildman–Crippen LogP) is 6.60. The third-order valence-corrected chi connectivity index (χ3v) is 8.74. The highest BCUT2D eigenvalue weighted by Gasteiger charge is 2.71. The van der Waals surface area contributed by atoms with Gasteiger partial charge in [-0.25, -0.2) is 0 Å². The number of fused-ring (bicyclic) bond motifs is 6. The Hall–Kier alpha value is -3.99. The molecule has 3 aliphatic rings. The van der Waals surface area contributed by atoms with Gasteiger partial charge in [0.1, 0.15) is 5.41 Å². The molecule has 1 fully saturated rings. The number of carbonyl (C=O) groups is 3. The largest absolute Gasteiger partial charge is 0.358 e. The summed E-state index contributed by atoms with van der Waals surface area (Å²) in [6.07, 6.45) is 4.84. The van der Waals surface area contributed by atoms with Gasteiger partial charge in [0.25, 0.3) is 0 Å². The van der Waals surface area contributed by atoms with Gasteiger partial charge in [0.15, 0.2) is 11.6 Å². The third kappa shape index (κ3) is 3.78. The summed E-state index contributed by atoms with van der Waals surface area (Å²) >= 11 is 0.